The number of esters is 1. The second-order valence-electron chi connectivity index (χ2n) is 4.44. The van der Waals surface area contributed by atoms with Crippen LogP contribution >= 0.6 is 0 Å². The number of benzene rings is 1. The normalized spacial score (nSPS) is 24.2. The topological polar surface area (TPSA) is 64.3 Å². The minimum Gasteiger partial charge on any atom is -0.468 e. The SMILES string of the molecule is COC(=O)C(C)NC1CC(N)c2ccccc21. The van der Waals surface area contributed by atoms with E-state index in [1.165, 1.54) is 18.2 Å². The van der Waals surface area contributed by atoms with Crippen LogP contribution in [-0.2, 0) is 9.53 Å². The third-order valence-corrected chi connectivity index (χ3v) is 3.27. The van der Waals surface area contributed by atoms with Crippen LogP contribution in [0.5, 0.6) is 0 Å². The number of nitrogens with two attached hydrogens (primary N) is 1. The van der Waals surface area contributed by atoms with Crippen LogP contribution in [0, 0.1) is 0 Å². The Morgan fingerprint density at radius 1 is 1.47 bits per heavy atom. The van der Waals surface area contributed by atoms with Gasteiger partial charge in [0.2, 0.25) is 0 Å². The summed E-state index contributed by atoms with van der Waals surface area (Å²) >= 11 is 0. The first-order valence-electron chi connectivity index (χ1n) is 5.81. The third kappa shape index (κ3) is 2.33. The maximum atomic E-state index is 11.4. The molecule has 92 valence electrons. The van der Waals surface area contributed by atoms with Crippen molar-refractivity contribution >= 4 is 5.97 Å². The second-order valence-corrected chi connectivity index (χ2v) is 4.44. The molecule has 0 aliphatic heterocycles. The maximum Gasteiger partial charge on any atom is 0.322 e. The number of hydrogen-bond acceptors (Lipinski definition) is 4. The van der Waals surface area contributed by atoms with E-state index in [1.54, 1.807) is 6.92 Å². The predicted molar refractivity (Wildman–Crippen MR) is 65.3 cm³/mol. The van der Waals surface area contributed by atoms with Crippen molar-refractivity contribution in [2.24, 2.45) is 5.73 Å². The molecule has 0 amide bonds. The molecule has 17 heavy (non-hydrogen) atoms. The molecular weight excluding hydrogens is 216 g/mol. The van der Waals surface area contributed by atoms with Crippen LogP contribution in [0.4, 0.5) is 0 Å². The highest BCUT2D eigenvalue weighted by atomic mass is 16.5. The average Bonchev–Trinajstić information content (AvgIpc) is 2.66. The van der Waals surface area contributed by atoms with Gasteiger partial charge in [-0.1, -0.05) is 24.3 Å². The monoisotopic (exact) mass is 234 g/mol. The van der Waals surface area contributed by atoms with E-state index in [0.29, 0.717) is 0 Å². The highest BCUT2D eigenvalue weighted by Crippen LogP contribution is 2.37. The molecule has 0 saturated heterocycles. The van der Waals surface area contributed by atoms with Gasteiger partial charge in [-0.2, -0.15) is 0 Å². The Morgan fingerprint density at radius 3 is 2.76 bits per heavy atom. The van der Waals surface area contributed by atoms with E-state index in [0.717, 1.165) is 6.42 Å². The zero-order chi connectivity index (χ0) is 12.4. The molecule has 3 atom stereocenters. The van der Waals surface area contributed by atoms with E-state index in [2.05, 4.69) is 11.4 Å². The summed E-state index contributed by atoms with van der Waals surface area (Å²) in [5.74, 6) is -0.247. The lowest BCUT2D eigenvalue weighted by Crippen LogP contribution is -2.37. The van der Waals surface area contributed by atoms with E-state index >= 15 is 0 Å². The van der Waals surface area contributed by atoms with Gasteiger partial charge in [-0.3, -0.25) is 10.1 Å². The number of nitrogens with one attached hydrogen (secondary N) is 1. The van der Waals surface area contributed by atoms with Gasteiger partial charge in [0, 0.05) is 12.1 Å². The van der Waals surface area contributed by atoms with Crippen LogP contribution in [0.3, 0.4) is 0 Å². The van der Waals surface area contributed by atoms with E-state index in [4.69, 9.17) is 10.5 Å². The number of fused-ring (bicyclic) bond motifs is 1. The van der Waals surface area contributed by atoms with Crippen molar-refractivity contribution in [2.45, 2.75) is 31.5 Å². The molecule has 0 heterocycles. The van der Waals surface area contributed by atoms with Crippen molar-refractivity contribution in [3.05, 3.63) is 35.4 Å². The highest BCUT2D eigenvalue weighted by molar-refractivity contribution is 5.75. The van der Waals surface area contributed by atoms with Crippen LogP contribution in [0.2, 0.25) is 0 Å². The Hall–Kier alpha value is -1.39. The molecular formula is C13H18N2O2. The molecule has 0 saturated carbocycles. The Balaban J connectivity index is 2.12. The summed E-state index contributed by atoms with van der Waals surface area (Å²) in [6.45, 7) is 1.80. The fourth-order valence-electron chi connectivity index (χ4n) is 2.38. The van der Waals surface area contributed by atoms with Gasteiger partial charge in [-0.25, -0.2) is 0 Å². The van der Waals surface area contributed by atoms with Gasteiger partial charge in [-0.15, -0.1) is 0 Å². The van der Waals surface area contributed by atoms with Crippen LogP contribution in [0.15, 0.2) is 24.3 Å². The molecule has 4 nitrogen and oxygen atoms in total. The third-order valence-electron chi connectivity index (χ3n) is 3.27. The van der Waals surface area contributed by atoms with Crippen molar-refractivity contribution in [3.63, 3.8) is 0 Å². The van der Waals surface area contributed by atoms with Gasteiger partial charge in [0.25, 0.3) is 0 Å². The molecule has 0 radical (unpaired) electrons. The number of ether oxygens (including phenoxy) is 1. The van der Waals surface area contributed by atoms with E-state index < -0.39 is 0 Å². The maximum absolute atomic E-state index is 11.4. The molecule has 3 N–H and O–H groups in total. The van der Waals surface area contributed by atoms with E-state index in [9.17, 15) is 4.79 Å². The molecule has 2 rings (SSSR count). The first kappa shape index (κ1) is 12.1. The van der Waals surface area contributed by atoms with Gasteiger partial charge >= 0.3 is 5.97 Å². The molecule has 1 aliphatic rings. The van der Waals surface area contributed by atoms with Gasteiger partial charge < -0.3 is 10.5 Å². The Labute approximate surface area is 101 Å². The van der Waals surface area contributed by atoms with Crippen molar-refractivity contribution in [2.75, 3.05) is 7.11 Å². The number of rotatable bonds is 3. The van der Waals surface area contributed by atoms with Crippen molar-refractivity contribution < 1.29 is 9.53 Å². The molecule has 4 heteroatoms. The Kier molecular flexibility index (Phi) is 3.45. The van der Waals surface area contributed by atoms with Crippen LogP contribution in [0.25, 0.3) is 0 Å². The molecule has 1 aromatic carbocycles. The standard InChI is InChI=1S/C13H18N2O2/c1-8(13(16)17-2)15-12-7-11(14)9-5-3-4-6-10(9)12/h3-6,8,11-12,15H,7,14H2,1-2H3. The van der Waals surface area contributed by atoms with Gasteiger partial charge in [0.1, 0.15) is 6.04 Å². The van der Waals surface area contributed by atoms with Gasteiger partial charge in [0.05, 0.1) is 7.11 Å². The van der Waals surface area contributed by atoms with Crippen molar-refractivity contribution in [3.8, 4) is 0 Å². The fourth-order valence-corrected chi connectivity index (χ4v) is 2.38. The lowest BCUT2D eigenvalue weighted by Gasteiger charge is -2.18. The summed E-state index contributed by atoms with van der Waals surface area (Å²) in [7, 11) is 1.40. The zero-order valence-corrected chi connectivity index (χ0v) is 10.1. The number of carbonyl (C=O) groups is 1. The van der Waals surface area contributed by atoms with E-state index in [1.807, 2.05) is 18.2 Å². The quantitative estimate of drug-likeness (QED) is 0.773. The van der Waals surface area contributed by atoms with Crippen LogP contribution < -0.4 is 11.1 Å². The molecule has 1 aromatic rings. The number of methoxy groups -OCH3 is 1. The van der Waals surface area contributed by atoms with Gasteiger partial charge in [-0.05, 0) is 24.5 Å². The van der Waals surface area contributed by atoms with Crippen LogP contribution in [0.1, 0.15) is 36.6 Å². The lowest BCUT2D eigenvalue weighted by molar-refractivity contribution is -0.142. The summed E-state index contributed by atoms with van der Waals surface area (Å²) < 4.78 is 4.70. The summed E-state index contributed by atoms with van der Waals surface area (Å²) in [5.41, 5.74) is 8.42. The first-order chi connectivity index (χ1) is 8.13. The predicted octanol–water partition coefficient (Wildman–Crippen LogP) is 1.28. The summed E-state index contributed by atoms with van der Waals surface area (Å²) in [6.07, 6.45) is 0.820. The largest absolute Gasteiger partial charge is 0.468 e. The minimum atomic E-state index is -0.316. The summed E-state index contributed by atoms with van der Waals surface area (Å²) in [5, 5.41) is 3.26. The minimum absolute atomic E-state index is 0.0496. The molecule has 0 spiro atoms. The molecule has 0 fully saturated rings. The Morgan fingerprint density at radius 2 is 2.12 bits per heavy atom. The summed E-state index contributed by atoms with van der Waals surface area (Å²) in [6, 6.07) is 7.96. The molecule has 0 aromatic heterocycles. The van der Waals surface area contributed by atoms with Crippen molar-refractivity contribution in [1.29, 1.82) is 0 Å². The van der Waals surface area contributed by atoms with E-state index in [-0.39, 0.29) is 24.1 Å². The number of hydrogen-bond donors (Lipinski definition) is 2. The van der Waals surface area contributed by atoms with Gasteiger partial charge in [0.15, 0.2) is 0 Å². The molecule has 1 aliphatic carbocycles. The fraction of sp³-hybridized carbons (Fsp3) is 0.462. The van der Waals surface area contributed by atoms with Crippen LogP contribution in [-0.4, -0.2) is 19.1 Å². The second kappa shape index (κ2) is 4.85. The number of carbonyl (C=O) groups excluding carboxylic acids is 1. The lowest BCUT2D eigenvalue weighted by atomic mass is 10.1. The molecule has 0 bridgehead atoms. The van der Waals surface area contributed by atoms with Crippen molar-refractivity contribution in [1.82, 2.24) is 5.32 Å². The summed E-state index contributed by atoms with van der Waals surface area (Å²) in [4.78, 5) is 11.4. The Bertz CT molecular complexity index is 420. The zero-order valence-electron chi connectivity index (χ0n) is 10.1. The first-order valence-corrected chi connectivity index (χ1v) is 5.81. The molecule has 3 unspecified atom stereocenters. The average molecular weight is 234 g/mol. The smallest absolute Gasteiger partial charge is 0.322 e. The highest BCUT2D eigenvalue weighted by Gasteiger charge is 2.30.